The van der Waals surface area contributed by atoms with E-state index >= 15 is 0 Å². The molecular weight excluding hydrogens is 364 g/mol. The minimum Gasteiger partial charge on any atom is -0.348 e. The van der Waals surface area contributed by atoms with E-state index in [9.17, 15) is 0 Å². The zero-order valence-electron chi connectivity index (χ0n) is 16.4. The Balaban J connectivity index is 1.69. The molecule has 144 valence electrons. The molecule has 0 unspecified atom stereocenters. The molecule has 0 saturated carbocycles. The van der Waals surface area contributed by atoms with Crippen LogP contribution < -0.4 is 5.32 Å². The summed E-state index contributed by atoms with van der Waals surface area (Å²) in [6.07, 6.45) is 7.87. The van der Waals surface area contributed by atoms with Gasteiger partial charge >= 0.3 is 0 Å². The molecule has 2 aromatic heterocycles. The molecule has 0 aliphatic carbocycles. The first-order valence-electron chi connectivity index (χ1n) is 9.96. The van der Waals surface area contributed by atoms with Crippen LogP contribution in [0, 0.1) is 0 Å². The fraction of sp³-hybridized carbons (Fsp3) is 0.304. The van der Waals surface area contributed by atoms with Crippen LogP contribution in [0.1, 0.15) is 42.3 Å². The van der Waals surface area contributed by atoms with Gasteiger partial charge in [-0.3, -0.25) is 4.98 Å². The summed E-state index contributed by atoms with van der Waals surface area (Å²) in [6.45, 7) is 6.17. The molecule has 1 atom stereocenters. The van der Waals surface area contributed by atoms with E-state index in [1.807, 2.05) is 18.5 Å². The molecule has 4 nitrogen and oxygen atoms in total. The largest absolute Gasteiger partial charge is 0.348 e. The molecular formula is C23H26N4S. The zero-order chi connectivity index (χ0) is 19.5. The standard InChI is InChI=1S/C23H26N4S/c1-3-17-8-5-9-18(4-2)21(17)25-23(28)27-15-14-26-13-7-11-20(26)22(27)19-10-6-12-24-16-19/h5-13,16,22H,3-4,14-15H2,1-2H3,(H,25,28)/t22-/m1/s1. The number of benzene rings is 1. The molecule has 0 amide bonds. The number of thiocarbonyl (C=S) groups is 1. The van der Waals surface area contributed by atoms with Crippen molar-refractivity contribution in [2.75, 3.05) is 11.9 Å². The number of hydrogen-bond donors (Lipinski definition) is 1. The molecule has 1 aromatic carbocycles. The third-order valence-corrected chi connectivity index (χ3v) is 5.87. The summed E-state index contributed by atoms with van der Waals surface area (Å²) in [5.41, 5.74) is 6.19. The maximum absolute atomic E-state index is 5.94. The van der Waals surface area contributed by atoms with E-state index in [2.05, 4.69) is 76.2 Å². The van der Waals surface area contributed by atoms with Gasteiger partial charge in [0.15, 0.2) is 5.11 Å². The van der Waals surface area contributed by atoms with Gasteiger partial charge < -0.3 is 14.8 Å². The normalized spacial score (nSPS) is 15.9. The highest BCUT2D eigenvalue weighted by Crippen LogP contribution is 2.33. The van der Waals surface area contributed by atoms with Crippen molar-refractivity contribution in [3.05, 3.63) is 83.4 Å². The maximum Gasteiger partial charge on any atom is 0.174 e. The summed E-state index contributed by atoms with van der Waals surface area (Å²) in [6, 6.07) is 15.0. The number of para-hydroxylation sites is 1. The Hall–Kier alpha value is -2.66. The molecule has 3 heterocycles. The van der Waals surface area contributed by atoms with Crippen LogP contribution in [0.5, 0.6) is 0 Å². The summed E-state index contributed by atoms with van der Waals surface area (Å²) in [4.78, 5) is 6.65. The molecule has 1 aliphatic rings. The predicted molar refractivity (Wildman–Crippen MR) is 119 cm³/mol. The van der Waals surface area contributed by atoms with E-state index in [0.717, 1.165) is 36.6 Å². The first kappa shape index (κ1) is 18.7. The monoisotopic (exact) mass is 390 g/mol. The van der Waals surface area contributed by atoms with E-state index in [4.69, 9.17) is 12.2 Å². The molecule has 0 spiro atoms. The van der Waals surface area contributed by atoms with Gasteiger partial charge in [-0.1, -0.05) is 38.1 Å². The highest BCUT2D eigenvalue weighted by molar-refractivity contribution is 7.80. The number of hydrogen-bond acceptors (Lipinski definition) is 2. The smallest absolute Gasteiger partial charge is 0.174 e. The Bertz CT molecular complexity index is 941. The lowest BCUT2D eigenvalue weighted by Crippen LogP contribution is -2.44. The third-order valence-electron chi connectivity index (χ3n) is 5.53. The lowest BCUT2D eigenvalue weighted by atomic mass is 10.0. The number of pyridine rings is 1. The second kappa shape index (κ2) is 8.15. The maximum atomic E-state index is 5.94. The molecule has 3 aromatic rings. The average molecular weight is 391 g/mol. The molecule has 1 aliphatic heterocycles. The van der Waals surface area contributed by atoms with Crippen LogP contribution in [0.25, 0.3) is 0 Å². The van der Waals surface area contributed by atoms with E-state index in [1.54, 1.807) is 0 Å². The summed E-state index contributed by atoms with van der Waals surface area (Å²) < 4.78 is 2.31. The van der Waals surface area contributed by atoms with Gasteiger partial charge in [-0.05, 0) is 59.9 Å². The molecule has 0 radical (unpaired) electrons. The molecule has 5 heteroatoms. The summed E-state index contributed by atoms with van der Waals surface area (Å²) in [5, 5.41) is 4.38. The first-order valence-corrected chi connectivity index (χ1v) is 10.4. The van der Waals surface area contributed by atoms with Gasteiger partial charge in [0.25, 0.3) is 0 Å². The highest BCUT2D eigenvalue weighted by atomic mass is 32.1. The van der Waals surface area contributed by atoms with Crippen molar-refractivity contribution >= 4 is 23.0 Å². The summed E-state index contributed by atoms with van der Waals surface area (Å²) in [5.74, 6) is 0. The number of nitrogens with zero attached hydrogens (tertiary/aromatic N) is 3. The van der Waals surface area contributed by atoms with Crippen LogP contribution in [-0.2, 0) is 19.4 Å². The van der Waals surface area contributed by atoms with Gasteiger partial charge in [0.1, 0.15) is 0 Å². The van der Waals surface area contributed by atoms with Gasteiger partial charge in [-0.25, -0.2) is 0 Å². The van der Waals surface area contributed by atoms with Crippen molar-refractivity contribution in [1.29, 1.82) is 0 Å². The topological polar surface area (TPSA) is 33.1 Å². The van der Waals surface area contributed by atoms with Crippen molar-refractivity contribution in [1.82, 2.24) is 14.5 Å². The first-order chi connectivity index (χ1) is 13.7. The van der Waals surface area contributed by atoms with Crippen LogP contribution in [0.15, 0.2) is 61.1 Å². The van der Waals surface area contributed by atoms with Crippen LogP contribution in [0.3, 0.4) is 0 Å². The molecule has 0 saturated heterocycles. The van der Waals surface area contributed by atoms with E-state index in [-0.39, 0.29) is 6.04 Å². The Morgan fingerprint density at radius 3 is 2.54 bits per heavy atom. The fourth-order valence-electron chi connectivity index (χ4n) is 4.07. The van der Waals surface area contributed by atoms with Gasteiger partial charge in [0.05, 0.1) is 6.04 Å². The van der Waals surface area contributed by atoms with Gasteiger partial charge in [-0.15, -0.1) is 0 Å². The molecule has 1 N–H and O–H groups in total. The minimum absolute atomic E-state index is 0.0660. The average Bonchev–Trinajstić information content (AvgIpc) is 3.22. The predicted octanol–water partition coefficient (Wildman–Crippen LogP) is 4.81. The molecule has 0 fully saturated rings. The van der Waals surface area contributed by atoms with Crippen molar-refractivity contribution in [3.63, 3.8) is 0 Å². The van der Waals surface area contributed by atoms with E-state index in [1.165, 1.54) is 22.5 Å². The summed E-state index contributed by atoms with van der Waals surface area (Å²) in [7, 11) is 0. The lowest BCUT2D eigenvalue weighted by Gasteiger charge is -2.39. The lowest BCUT2D eigenvalue weighted by molar-refractivity contribution is 0.293. The Morgan fingerprint density at radius 2 is 1.86 bits per heavy atom. The quantitative estimate of drug-likeness (QED) is 0.648. The Labute approximate surface area is 172 Å². The van der Waals surface area contributed by atoms with Crippen LogP contribution >= 0.6 is 12.2 Å². The van der Waals surface area contributed by atoms with Crippen LogP contribution in [-0.4, -0.2) is 26.1 Å². The van der Waals surface area contributed by atoms with Crippen molar-refractivity contribution in [2.45, 2.75) is 39.3 Å². The highest BCUT2D eigenvalue weighted by Gasteiger charge is 2.31. The molecule has 4 rings (SSSR count). The van der Waals surface area contributed by atoms with Gasteiger partial charge in [0.2, 0.25) is 0 Å². The van der Waals surface area contributed by atoms with Gasteiger partial charge in [-0.2, -0.15) is 0 Å². The van der Waals surface area contributed by atoms with Gasteiger partial charge in [0, 0.05) is 43.1 Å². The minimum atomic E-state index is 0.0660. The number of aromatic nitrogens is 2. The molecule has 28 heavy (non-hydrogen) atoms. The fourth-order valence-corrected chi connectivity index (χ4v) is 4.37. The van der Waals surface area contributed by atoms with Crippen LogP contribution in [0.2, 0.25) is 0 Å². The van der Waals surface area contributed by atoms with E-state index in [0.29, 0.717) is 0 Å². The van der Waals surface area contributed by atoms with Crippen LogP contribution in [0.4, 0.5) is 5.69 Å². The number of rotatable bonds is 4. The van der Waals surface area contributed by atoms with Crippen molar-refractivity contribution < 1.29 is 0 Å². The van der Waals surface area contributed by atoms with E-state index < -0.39 is 0 Å². The van der Waals surface area contributed by atoms with Crippen molar-refractivity contribution in [3.8, 4) is 0 Å². The number of nitrogens with one attached hydrogen (secondary N) is 1. The summed E-state index contributed by atoms with van der Waals surface area (Å²) >= 11 is 5.94. The Kier molecular flexibility index (Phi) is 5.44. The number of aryl methyl sites for hydroxylation is 2. The zero-order valence-corrected chi connectivity index (χ0v) is 17.2. The SMILES string of the molecule is CCc1cccc(CC)c1NC(=S)N1CCn2cccc2[C@H]1c1cccnc1. The second-order valence-electron chi connectivity index (χ2n) is 7.10. The second-order valence-corrected chi connectivity index (χ2v) is 7.48. The number of anilines is 1. The number of fused-ring (bicyclic) bond motifs is 1. The Morgan fingerprint density at radius 1 is 1.07 bits per heavy atom. The van der Waals surface area contributed by atoms with Crippen molar-refractivity contribution in [2.24, 2.45) is 0 Å². The third kappa shape index (κ3) is 3.42. The molecule has 0 bridgehead atoms.